The second-order valence-electron chi connectivity index (χ2n) is 4.25. The maximum absolute atomic E-state index is 10.7. The summed E-state index contributed by atoms with van der Waals surface area (Å²) in [5.41, 5.74) is 3.21. The van der Waals surface area contributed by atoms with Gasteiger partial charge in [0.05, 0.1) is 6.42 Å². The molecule has 0 aromatic heterocycles. The molecule has 0 aliphatic heterocycles. The average Bonchev–Trinajstić information content (AvgIpc) is 2.25. The third kappa shape index (κ3) is 5.31. The van der Waals surface area contributed by atoms with Crippen LogP contribution in [-0.4, -0.2) is 17.6 Å². The van der Waals surface area contributed by atoms with Crippen LogP contribution in [0.4, 0.5) is 0 Å². The first-order chi connectivity index (χ1) is 8.09. The van der Waals surface area contributed by atoms with Crippen LogP contribution in [0.15, 0.2) is 35.9 Å². The van der Waals surface area contributed by atoms with Gasteiger partial charge in [0.25, 0.3) is 0 Å². The summed E-state index contributed by atoms with van der Waals surface area (Å²) in [4.78, 5) is 10.7. The van der Waals surface area contributed by atoms with Gasteiger partial charge < -0.3 is 10.4 Å². The van der Waals surface area contributed by atoms with Gasteiger partial charge in [0.2, 0.25) is 0 Å². The Kier molecular flexibility index (Phi) is 5.43. The maximum Gasteiger partial charge on any atom is 0.307 e. The van der Waals surface area contributed by atoms with Crippen molar-refractivity contribution >= 4 is 5.97 Å². The smallest absolute Gasteiger partial charge is 0.307 e. The molecule has 0 fully saturated rings. The van der Waals surface area contributed by atoms with Gasteiger partial charge in [-0.25, -0.2) is 0 Å². The van der Waals surface area contributed by atoms with Crippen LogP contribution >= 0.6 is 0 Å². The van der Waals surface area contributed by atoms with E-state index in [-0.39, 0.29) is 6.42 Å². The van der Waals surface area contributed by atoms with Gasteiger partial charge >= 0.3 is 5.97 Å². The first-order valence-corrected chi connectivity index (χ1v) is 5.72. The molecule has 1 rings (SSSR count). The van der Waals surface area contributed by atoms with Crippen molar-refractivity contribution in [3.05, 3.63) is 47.0 Å². The Labute approximate surface area is 102 Å². The Balaban J connectivity index is 2.57. The third-order valence-corrected chi connectivity index (χ3v) is 2.43. The minimum Gasteiger partial charge on any atom is -0.481 e. The summed E-state index contributed by atoms with van der Waals surface area (Å²) < 4.78 is 0. The first-order valence-electron chi connectivity index (χ1n) is 5.72. The van der Waals surface area contributed by atoms with Crippen molar-refractivity contribution in [3.63, 3.8) is 0 Å². The summed E-state index contributed by atoms with van der Waals surface area (Å²) in [6.07, 6.45) is 2.19. The molecule has 0 atom stereocenters. The molecule has 0 bridgehead atoms. The zero-order valence-electron chi connectivity index (χ0n) is 10.4. The highest BCUT2D eigenvalue weighted by Gasteiger charge is 2.05. The van der Waals surface area contributed by atoms with Crippen molar-refractivity contribution in [2.75, 3.05) is 6.54 Å². The van der Waals surface area contributed by atoms with E-state index in [0.717, 1.165) is 17.7 Å². The number of carbonyl (C=O) groups is 1. The largest absolute Gasteiger partial charge is 0.481 e. The Bertz CT molecular complexity index is 406. The lowest BCUT2D eigenvalue weighted by Gasteiger charge is -2.08. The molecule has 3 nitrogen and oxygen atoms in total. The van der Waals surface area contributed by atoms with Gasteiger partial charge in [-0.15, -0.1) is 0 Å². The summed E-state index contributed by atoms with van der Waals surface area (Å²) in [5, 5.41) is 12.1. The minimum absolute atomic E-state index is 0.0838. The topological polar surface area (TPSA) is 49.3 Å². The van der Waals surface area contributed by atoms with E-state index in [9.17, 15) is 4.79 Å². The number of benzene rings is 1. The number of hydrogen-bond donors (Lipinski definition) is 2. The van der Waals surface area contributed by atoms with E-state index >= 15 is 0 Å². The van der Waals surface area contributed by atoms with Crippen molar-refractivity contribution in [3.8, 4) is 0 Å². The molecule has 0 amide bonds. The van der Waals surface area contributed by atoms with E-state index < -0.39 is 5.97 Å². The number of nitrogens with one attached hydrogen (secondary N) is 1. The molecular formula is C14H19NO2. The molecular weight excluding hydrogens is 214 g/mol. The van der Waals surface area contributed by atoms with Gasteiger partial charge in [0, 0.05) is 13.1 Å². The molecule has 3 heteroatoms. The summed E-state index contributed by atoms with van der Waals surface area (Å²) >= 11 is 0. The van der Waals surface area contributed by atoms with E-state index in [1.807, 2.05) is 24.3 Å². The van der Waals surface area contributed by atoms with E-state index in [0.29, 0.717) is 6.54 Å². The van der Waals surface area contributed by atoms with E-state index in [1.165, 1.54) is 5.57 Å². The Morgan fingerprint density at radius 3 is 2.53 bits per heavy atom. The fourth-order valence-corrected chi connectivity index (χ4v) is 1.55. The molecule has 2 N–H and O–H groups in total. The Morgan fingerprint density at radius 1 is 1.29 bits per heavy atom. The van der Waals surface area contributed by atoms with Gasteiger partial charge in [-0.05, 0) is 25.0 Å². The predicted octanol–water partition coefficient (Wildman–Crippen LogP) is 2.37. The highest BCUT2D eigenvalue weighted by atomic mass is 16.4. The van der Waals surface area contributed by atoms with Crippen LogP contribution in [0.2, 0.25) is 0 Å². The van der Waals surface area contributed by atoms with Crippen LogP contribution in [0.3, 0.4) is 0 Å². The van der Waals surface area contributed by atoms with Crippen molar-refractivity contribution in [2.24, 2.45) is 0 Å². The van der Waals surface area contributed by atoms with Crippen molar-refractivity contribution in [1.29, 1.82) is 0 Å². The Hall–Kier alpha value is -1.61. The monoisotopic (exact) mass is 233 g/mol. The highest BCUT2D eigenvalue weighted by Crippen LogP contribution is 2.09. The molecule has 1 aromatic carbocycles. The SMILES string of the molecule is CC(C)=CCNCc1ccccc1CC(=O)O. The number of carboxylic acid groups (broad SMARTS) is 1. The number of allylic oxidation sites excluding steroid dienone is 1. The summed E-state index contributed by atoms with van der Waals surface area (Å²) in [5.74, 6) is -0.790. The van der Waals surface area contributed by atoms with E-state index in [2.05, 4.69) is 25.2 Å². The zero-order chi connectivity index (χ0) is 12.7. The third-order valence-electron chi connectivity index (χ3n) is 2.43. The van der Waals surface area contributed by atoms with Crippen molar-refractivity contribution in [1.82, 2.24) is 5.32 Å². The fraction of sp³-hybridized carbons (Fsp3) is 0.357. The van der Waals surface area contributed by atoms with E-state index in [4.69, 9.17) is 5.11 Å². The molecule has 17 heavy (non-hydrogen) atoms. The van der Waals surface area contributed by atoms with Crippen LogP contribution < -0.4 is 5.32 Å². The van der Waals surface area contributed by atoms with Gasteiger partial charge in [-0.2, -0.15) is 0 Å². The maximum atomic E-state index is 10.7. The van der Waals surface area contributed by atoms with Crippen LogP contribution in [0, 0.1) is 0 Å². The number of rotatable bonds is 6. The molecule has 1 aromatic rings. The minimum atomic E-state index is -0.790. The van der Waals surface area contributed by atoms with Crippen molar-refractivity contribution in [2.45, 2.75) is 26.8 Å². The van der Waals surface area contributed by atoms with Gasteiger partial charge in [-0.3, -0.25) is 4.79 Å². The van der Waals surface area contributed by atoms with Crippen molar-refractivity contribution < 1.29 is 9.90 Å². The number of carboxylic acids is 1. The molecule has 0 spiro atoms. The summed E-state index contributed by atoms with van der Waals surface area (Å²) in [6, 6.07) is 7.64. The zero-order valence-corrected chi connectivity index (χ0v) is 10.4. The average molecular weight is 233 g/mol. The van der Waals surface area contributed by atoms with E-state index in [1.54, 1.807) is 0 Å². The molecule has 0 radical (unpaired) electrons. The molecule has 0 aliphatic carbocycles. The van der Waals surface area contributed by atoms with Gasteiger partial charge in [0.1, 0.15) is 0 Å². The van der Waals surface area contributed by atoms with Crippen LogP contribution in [0.1, 0.15) is 25.0 Å². The lowest BCUT2D eigenvalue weighted by molar-refractivity contribution is -0.136. The second-order valence-corrected chi connectivity index (χ2v) is 4.25. The number of aliphatic carboxylic acids is 1. The molecule has 0 saturated heterocycles. The highest BCUT2D eigenvalue weighted by molar-refractivity contribution is 5.70. The molecule has 0 aliphatic rings. The standard InChI is InChI=1S/C14H19NO2/c1-11(2)7-8-15-10-13-6-4-3-5-12(13)9-14(16)17/h3-7,15H,8-10H2,1-2H3,(H,16,17). The first kappa shape index (κ1) is 13.5. The van der Waals surface area contributed by atoms with Crippen LogP contribution in [0.25, 0.3) is 0 Å². The lowest BCUT2D eigenvalue weighted by Crippen LogP contribution is -2.15. The summed E-state index contributed by atoms with van der Waals surface area (Å²) in [7, 11) is 0. The predicted molar refractivity (Wildman–Crippen MR) is 68.9 cm³/mol. The fourth-order valence-electron chi connectivity index (χ4n) is 1.55. The lowest BCUT2D eigenvalue weighted by atomic mass is 10.0. The normalized spacial score (nSPS) is 10.0. The molecule has 0 heterocycles. The quantitative estimate of drug-likeness (QED) is 0.586. The van der Waals surface area contributed by atoms with Crippen LogP contribution in [-0.2, 0) is 17.8 Å². The van der Waals surface area contributed by atoms with Crippen LogP contribution in [0.5, 0.6) is 0 Å². The Morgan fingerprint density at radius 2 is 1.94 bits per heavy atom. The number of hydrogen-bond acceptors (Lipinski definition) is 2. The summed E-state index contributed by atoms with van der Waals surface area (Å²) in [6.45, 7) is 5.62. The molecule has 0 unspecified atom stereocenters. The van der Waals surface area contributed by atoms with Gasteiger partial charge in [-0.1, -0.05) is 35.9 Å². The molecule has 92 valence electrons. The van der Waals surface area contributed by atoms with Gasteiger partial charge in [0.15, 0.2) is 0 Å². The molecule has 0 saturated carbocycles. The second kappa shape index (κ2) is 6.86.